The van der Waals surface area contributed by atoms with Crippen molar-refractivity contribution in [1.82, 2.24) is 4.90 Å². The minimum Gasteiger partial charge on any atom is -0.508 e. The highest BCUT2D eigenvalue weighted by Gasteiger charge is 2.53. The molecule has 4 rings (SSSR count). The van der Waals surface area contributed by atoms with E-state index >= 15 is 0 Å². The molecule has 3 atom stereocenters. The van der Waals surface area contributed by atoms with Gasteiger partial charge in [-0.3, -0.25) is 4.90 Å². The molecule has 1 saturated heterocycles. The number of phenolic OH excluding ortho intramolecular Hbond substituents is 1. The molecule has 1 saturated carbocycles. The molecule has 1 aromatic carbocycles. The number of rotatable bonds is 3. The standard InChI is InChI=1S/C21H31NO.ClH/c1-15(2)8-11-22-12-10-21-9-4-3-5-18(21)20(22)13-16-6-7-17(23)14-19(16)21;/h6-7,14-15,18,20,23H,3-5,8-13H2,1-2H3;1H/t18-,20+,21+;/m0./s1. The van der Waals surface area contributed by atoms with Gasteiger partial charge in [0.05, 0.1) is 0 Å². The van der Waals surface area contributed by atoms with Crippen LogP contribution < -0.4 is 0 Å². The zero-order valence-electron chi connectivity index (χ0n) is 15.1. The molecule has 0 amide bonds. The molecule has 24 heavy (non-hydrogen) atoms. The van der Waals surface area contributed by atoms with Crippen LogP contribution in [-0.2, 0) is 11.8 Å². The maximum atomic E-state index is 10.1. The third-order valence-electron chi connectivity index (χ3n) is 6.93. The van der Waals surface area contributed by atoms with E-state index in [9.17, 15) is 5.11 Å². The van der Waals surface area contributed by atoms with E-state index in [-0.39, 0.29) is 12.4 Å². The van der Waals surface area contributed by atoms with E-state index in [0.717, 1.165) is 17.9 Å². The number of piperidine rings is 1. The quantitative estimate of drug-likeness (QED) is 0.837. The molecule has 2 aliphatic carbocycles. The van der Waals surface area contributed by atoms with Gasteiger partial charge in [0.2, 0.25) is 0 Å². The third kappa shape index (κ3) is 2.86. The van der Waals surface area contributed by atoms with Gasteiger partial charge in [0, 0.05) is 11.5 Å². The Hall–Kier alpha value is -0.730. The predicted molar refractivity (Wildman–Crippen MR) is 102 cm³/mol. The molecule has 1 aliphatic heterocycles. The van der Waals surface area contributed by atoms with Crippen LogP contribution in [0.25, 0.3) is 0 Å². The summed E-state index contributed by atoms with van der Waals surface area (Å²) in [6.45, 7) is 7.20. The van der Waals surface area contributed by atoms with Gasteiger partial charge in [-0.1, -0.05) is 32.8 Å². The highest BCUT2D eigenvalue weighted by molar-refractivity contribution is 5.85. The van der Waals surface area contributed by atoms with E-state index in [1.807, 2.05) is 6.07 Å². The molecule has 3 aliphatic rings. The second kappa shape index (κ2) is 6.88. The lowest BCUT2D eigenvalue weighted by atomic mass is 9.52. The van der Waals surface area contributed by atoms with Crippen LogP contribution in [0.5, 0.6) is 5.75 Å². The van der Waals surface area contributed by atoms with E-state index < -0.39 is 0 Å². The molecule has 2 nitrogen and oxygen atoms in total. The number of likely N-dealkylation sites (tertiary alicyclic amines) is 1. The van der Waals surface area contributed by atoms with Crippen molar-refractivity contribution in [2.24, 2.45) is 11.8 Å². The first-order chi connectivity index (χ1) is 11.1. The zero-order chi connectivity index (χ0) is 16.0. The first-order valence-corrected chi connectivity index (χ1v) is 9.66. The van der Waals surface area contributed by atoms with Crippen molar-refractivity contribution in [3.63, 3.8) is 0 Å². The monoisotopic (exact) mass is 349 g/mol. The van der Waals surface area contributed by atoms with Gasteiger partial charge in [-0.2, -0.15) is 0 Å². The maximum absolute atomic E-state index is 10.1. The third-order valence-corrected chi connectivity index (χ3v) is 6.93. The fourth-order valence-electron chi connectivity index (χ4n) is 5.77. The minimum atomic E-state index is 0. The molecule has 1 aromatic rings. The number of hydrogen-bond donors (Lipinski definition) is 1. The molecule has 134 valence electrons. The van der Waals surface area contributed by atoms with Crippen molar-refractivity contribution in [3.05, 3.63) is 29.3 Å². The first kappa shape index (κ1) is 18.1. The average Bonchev–Trinajstić information content (AvgIpc) is 2.54. The van der Waals surface area contributed by atoms with Crippen molar-refractivity contribution in [1.29, 1.82) is 0 Å². The van der Waals surface area contributed by atoms with Gasteiger partial charge in [0.15, 0.2) is 0 Å². The van der Waals surface area contributed by atoms with E-state index in [2.05, 4.69) is 30.9 Å². The average molecular weight is 350 g/mol. The van der Waals surface area contributed by atoms with Gasteiger partial charge in [0.25, 0.3) is 0 Å². The molecule has 2 bridgehead atoms. The van der Waals surface area contributed by atoms with E-state index in [1.54, 1.807) is 0 Å². The summed E-state index contributed by atoms with van der Waals surface area (Å²) >= 11 is 0. The SMILES string of the molecule is CC(C)CCN1CC[C@]23CCCC[C@H]2[C@H]1Cc1ccc(O)cc13.Cl. The summed E-state index contributed by atoms with van der Waals surface area (Å²) in [5, 5.41) is 10.1. The van der Waals surface area contributed by atoms with E-state index in [0.29, 0.717) is 11.2 Å². The molecular weight excluding hydrogens is 318 g/mol. The normalized spacial score (nSPS) is 32.0. The lowest BCUT2D eigenvalue weighted by Gasteiger charge is -2.59. The van der Waals surface area contributed by atoms with E-state index in [1.165, 1.54) is 69.2 Å². The predicted octanol–water partition coefficient (Wildman–Crippen LogP) is 4.92. The van der Waals surface area contributed by atoms with Crippen LogP contribution in [0.1, 0.15) is 63.5 Å². The fourth-order valence-corrected chi connectivity index (χ4v) is 5.77. The number of halogens is 1. The Morgan fingerprint density at radius 3 is 2.88 bits per heavy atom. The molecule has 0 spiro atoms. The summed E-state index contributed by atoms with van der Waals surface area (Å²) in [6.07, 6.45) is 9.29. The van der Waals surface area contributed by atoms with Crippen LogP contribution in [0.4, 0.5) is 0 Å². The Morgan fingerprint density at radius 1 is 1.25 bits per heavy atom. The van der Waals surface area contributed by atoms with Crippen LogP contribution in [-0.4, -0.2) is 29.1 Å². The summed E-state index contributed by atoms with van der Waals surface area (Å²) < 4.78 is 0. The summed E-state index contributed by atoms with van der Waals surface area (Å²) in [7, 11) is 0. The Bertz CT molecular complexity index is 587. The smallest absolute Gasteiger partial charge is 0.115 e. The summed E-state index contributed by atoms with van der Waals surface area (Å²) in [5.74, 6) is 2.07. The van der Waals surface area contributed by atoms with Gasteiger partial charge < -0.3 is 5.11 Å². The largest absolute Gasteiger partial charge is 0.508 e. The lowest BCUT2D eigenvalue weighted by Crippen LogP contribution is -2.61. The highest BCUT2D eigenvalue weighted by Crippen LogP contribution is 2.56. The number of fused-ring (bicyclic) bond motifs is 1. The molecular formula is C21H32ClNO. The fraction of sp³-hybridized carbons (Fsp3) is 0.714. The van der Waals surface area contributed by atoms with Crippen molar-refractivity contribution >= 4 is 12.4 Å². The van der Waals surface area contributed by atoms with Gasteiger partial charge in [-0.15, -0.1) is 12.4 Å². The van der Waals surface area contributed by atoms with Crippen LogP contribution in [0, 0.1) is 11.8 Å². The Kier molecular flexibility index (Phi) is 5.18. The number of benzene rings is 1. The topological polar surface area (TPSA) is 23.5 Å². The lowest BCUT2D eigenvalue weighted by molar-refractivity contribution is -0.0130. The van der Waals surface area contributed by atoms with E-state index in [4.69, 9.17) is 0 Å². The number of nitrogens with zero attached hydrogens (tertiary/aromatic N) is 1. The van der Waals surface area contributed by atoms with Gasteiger partial charge in [-0.05, 0) is 80.3 Å². The summed E-state index contributed by atoms with van der Waals surface area (Å²) in [4.78, 5) is 2.81. The summed E-state index contributed by atoms with van der Waals surface area (Å²) in [5.41, 5.74) is 3.38. The second-order valence-corrected chi connectivity index (χ2v) is 8.59. The van der Waals surface area contributed by atoms with Crippen molar-refractivity contribution < 1.29 is 5.11 Å². The van der Waals surface area contributed by atoms with Gasteiger partial charge in [0.1, 0.15) is 5.75 Å². The Labute approximate surface area is 153 Å². The van der Waals surface area contributed by atoms with Crippen LogP contribution in [0.3, 0.4) is 0 Å². The molecule has 0 unspecified atom stereocenters. The number of hydrogen-bond acceptors (Lipinski definition) is 2. The van der Waals surface area contributed by atoms with Crippen molar-refractivity contribution in [2.75, 3.05) is 13.1 Å². The number of aromatic hydroxyl groups is 1. The Morgan fingerprint density at radius 2 is 2.08 bits per heavy atom. The number of phenols is 1. The maximum Gasteiger partial charge on any atom is 0.115 e. The minimum absolute atomic E-state index is 0. The molecule has 3 heteroatoms. The molecule has 1 heterocycles. The van der Waals surface area contributed by atoms with Gasteiger partial charge in [-0.25, -0.2) is 0 Å². The van der Waals surface area contributed by atoms with Gasteiger partial charge >= 0.3 is 0 Å². The Balaban J connectivity index is 0.00000169. The second-order valence-electron chi connectivity index (χ2n) is 8.59. The first-order valence-electron chi connectivity index (χ1n) is 9.66. The van der Waals surface area contributed by atoms with Crippen LogP contribution in [0.2, 0.25) is 0 Å². The molecule has 1 N–H and O–H groups in total. The van der Waals surface area contributed by atoms with Crippen LogP contribution in [0.15, 0.2) is 18.2 Å². The summed E-state index contributed by atoms with van der Waals surface area (Å²) in [6, 6.07) is 6.94. The zero-order valence-corrected chi connectivity index (χ0v) is 15.9. The van der Waals surface area contributed by atoms with Crippen molar-refractivity contribution in [2.45, 2.75) is 70.3 Å². The van der Waals surface area contributed by atoms with Crippen molar-refractivity contribution in [3.8, 4) is 5.75 Å². The molecule has 0 aromatic heterocycles. The van der Waals surface area contributed by atoms with Crippen LogP contribution >= 0.6 is 12.4 Å². The highest BCUT2D eigenvalue weighted by atomic mass is 35.5. The molecule has 2 fully saturated rings. The molecule has 0 radical (unpaired) electrons.